The Morgan fingerprint density at radius 1 is 0.750 bits per heavy atom. The number of halogens is 2. The summed E-state index contributed by atoms with van der Waals surface area (Å²) in [4.78, 5) is 0. The molecule has 0 aliphatic carbocycles. The first-order valence-corrected chi connectivity index (χ1v) is 9.80. The van der Waals surface area contributed by atoms with E-state index in [1.54, 1.807) is 12.1 Å². The minimum absolute atomic E-state index is 0.0933. The van der Waals surface area contributed by atoms with Gasteiger partial charge in [0.25, 0.3) is 0 Å². The van der Waals surface area contributed by atoms with Gasteiger partial charge in [0.2, 0.25) is 0 Å². The van der Waals surface area contributed by atoms with Crippen molar-refractivity contribution in [3.8, 4) is 22.3 Å². The molecule has 1 nitrogen and oxygen atoms in total. The molecule has 1 aliphatic heterocycles. The molecule has 0 saturated carbocycles. The van der Waals surface area contributed by atoms with Gasteiger partial charge < -0.3 is 4.74 Å². The zero-order valence-corrected chi connectivity index (χ0v) is 16.2. The molecular formula is C25H24F2O. The third kappa shape index (κ3) is 3.72. The molecule has 0 bridgehead atoms. The Bertz CT molecular complexity index is 953. The van der Waals surface area contributed by atoms with Crippen molar-refractivity contribution in [1.29, 1.82) is 0 Å². The molecule has 2 unspecified atom stereocenters. The lowest BCUT2D eigenvalue weighted by Gasteiger charge is -2.27. The van der Waals surface area contributed by atoms with E-state index in [2.05, 4.69) is 6.92 Å². The molecule has 2 atom stereocenters. The molecule has 3 aromatic rings. The first-order valence-electron chi connectivity index (χ1n) is 9.80. The number of rotatable bonds is 3. The van der Waals surface area contributed by atoms with Crippen molar-refractivity contribution in [2.45, 2.75) is 32.8 Å². The van der Waals surface area contributed by atoms with E-state index in [4.69, 9.17) is 4.74 Å². The second kappa shape index (κ2) is 7.84. The van der Waals surface area contributed by atoms with Crippen molar-refractivity contribution in [3.05, 3.63) is 83.4 Å². The molecule has 0 N–H and O–H groups in total. The number of hydrogen-bond acceptors (Lipinski definition) is 1. The molecule has 1 saturated heterocycles. The van der Waals surface area contributed by atoms with Crippen LogP contribution in [0.4, 0.5) is 8.78 Å². The van der Waals surface area contributed by atoms with E-state index in [1.807, 2.05) is 55.5 Å². The standard InChI is InChI=1S/C25H24F2O/c1-16-3-6-18(7-4-16)21-12-13-22(25(27)24(21)26)19-8-10-20(11-9-19)23-14-5-17(2)15-28-23/h3-4,6-13,17,23H,5,14-15H2,1-2H3. The third-order valence-corrected chi connectivity index (χ3v) is 5.54. The maximum Gasteiger partial charge on any atom is 0.167 e. The van der Waals surface area contributed by atoms with E-state index in [0.29, 0.717) is 17.0 Å². The summed E-state index contributed by atoms with van der Waals surface area (Å²) < 4.78 is 35.5. The van der Waals surface area contributed by atoms with Crippen LogP contribution in [0, 0.1) is 24.5 Å². The Labute approximate surface area is 165 Å². The highest BCUT2D eigenvalue weighted by molar-refractivity contribution is 5.72. The van der Waals surface area contributed by atoms with Crippen molar-refractivity contribution in [1.82, 2.24) is 0 Å². The normalized spacial score (nSPS) is 19.6. The van der Waals surface area contributed by atoms with Gasteiger partial charge in [-0.05, 0) is 42.4 Å². The smallest absolute Gasteiger partial charge is 0.167 e. The van der Waals surface area contributed by atoms with Gasteiger partial charge >= 0.3 is 0 Å². The average Bonchev–Trinajstić information content (AvgIpc) is 2.72. The second-order valence-electron chi connectivity index (χ2n) is 7.78. The van der Waals surface area contributed by atoms with Gasteiger partial charge in [0.1, 0.15) is 0 Å². The van der Waals surface area contributed by atoms with Crippen LogP contribution in [0.2, 0.25) is 0 Å². The van der Waals surface area contributed by atoms with Crippen molar-refractivity contribution in [2.24, 2.45) is 5.92 Å². The third-order valence-electron chi connectivity index (χ3n) is 5.54. The fraction of sp³-hybridized carbons (Fsp3) is 0.280. The lowest BCUT2D eigenvalue weighted by molar-refractivity contribution is -0.0123. The zero-order chi connectivity index (χ0) is 19.7. The number of benzene rings is 3. The monoisotopic (exact) mass is 378 g/mol. The molecule has 1 fully saturated rings. The van der Waals surface area contributed by atoms with Gasteiger partial charge in [-0.1, -0.05) is 73.2 Å². The first kappa shape index (κ1) is 18.8. The molecule has 1 heterocycles. The number of aryl methyl sites for hydroxylation is 1. The highest BCUT2D eigenvalue weighted by Crippen LogP contribution is 2.34. The molecule has 3 aromatic carbocycles. The zero-order valence-electron chi connectivity index (χ0n) is 16.2. The van der Waals surface area contributed by atoms with E-state index >= 15 is 0 Å². The van der Waals surface area contributed by atoms with E-state index < -0.39 is 11.6 Å². The van der Waals surface area contributed by atoms with Crippen molar-refractivity contribution in [3.63, 3.8) is 0 Å². The van der Waals surface area contributed by atoms with Crippen LogP contribution in [0.5, 0.6) is 0 Å². The van der Waals surface area contributed by atoms with Gasteiger partial charge in [0, 0.05) is 17.7 Å². The number of ether oxygens (including phenoxy) is 1. The molecule has 0 amide bonds. The fourth-order valence-electron chi connectivity index (χ4n) is 3.75. The molecule has 1 aliphatic rings. The summed E-state index contributed by atoms with van der Waals surface area (Å²) in [7, 11) is 0. The maximum absolute atomic E-state index is 14.8. The fourth-order valence-corrected chi connectivity index (χ4v) is 3.75. The summed E-state index contributed by atoms with van der Waals surface area (Å²) in [6.45, 7) is 4.93. The van der Waals surface area contributed by atoms with E-state index in [-0.39, 0.29) is 17.2 Å². The van der Waals surface area contributed by atoms with Crippen LogP contribution in [0.1, 0.15) is 37.0 Å². The van der Waals surface area contributed by atoms with Gasteiger partial charge in [-0.15, -0.1) is 0 Å². The Hall–Kier alpha value is -2.52. The Morgan fingerprint density at radius 2 is 1.29 bits per heavy atom. The van der Waals surface area contributed by atoms with Crippen LogP contribution in [0.15, 0.2) is 60.7 Å². The molecule has 144 valence electrons. The van der Waals surface area contributed by atoms with E-state index in [9.17, 15) is 8.78 Å². The lowest BCUT2D eigenvalue weighted by atomic mass is 9.94. The highest BCUT2D eigenvalue weighted by atomic mass is 19.2. The summed E-state index contributed by atoms with van der Waals surface area (Å²) in [6, 6.07) is 18.3. The topological polar surface area (TPSA) is 9.23 Å². The van der Waals surface area contributed by atoms with Gasteiger partial charge in [-0.3, -0.25) is 0 Å². The Kier molecular flexibility index (Phi) is 5.27. The van der Waals surface area contributed by atoms with Gasteiger partial charge in [0.05, 0.1) is 6.10 Å². The molecule has 3 heteroatoms. The van der Waals surface area contributed by atoms with Crippen LogP contribution >= 0.6 is 0 Å². The SMILES string of the molecule is Cc1ccc(-c2ccc(-c3ccc(C4CCC(C)CO4)cc3)c(F)c2F)cc1. The van der Waals surface area contributed by atoms with E-state index in [0.717, 1.165) is 30.6 Å². The van der Waals surface area contributed by atoms with Crippen molar-refractivity contribution < 1.29 is 13.5 Å². The predicted octanol–water partition coefficient (Wildman–Crippen LogP) is 7.09. The van der Waals surface area contributed by atoms with Crippen molar-refractivity contribution >= 4 is 0 Å². The summed E-state index contributed by atoms with van der Waals surface area (Å²) in [6.07, 6.45) is 2.23. The molecular weight excluding hydrogens is 354 g/mol. The lowest BCUT2D eigenvalue weighted by Crippen LogP contribution is -2.18. The van der Waals surface area contributed by atoms with Crippen LogP contribution in [0.25, 0.3) is 22.3 Å². The molecule has 4 rings (SSSR count). The predicted molar refractivity (Wildman–Crippen MR) is 109 cm³/mol. The van der Waals surface area contributed by atoms with Gasteiger partial charge in [0.15, 0.2) is 11.6 Å². The highest BCUT2D eigenvalue weighted by Gasteiger charge is 2.21. The quantitative estimate of drug-likeness (QED) is 0.472. The summed E-state index contributed by atoms with van der Waals surface area (Å²) in [5, 5.41) is 0. The largest absolute Gasteiger partial charge is 0.373 e. The van der Waals surface area contributed by atoms with Crippen LogP contribution < -0.4 is 0 Å². The second-order valence-corrected chi connectivity index (χ2v) is 7.78. The van der Waals surface area contributed by atoms with Crippen LogP contribution in [0.3, 0.4) is 0 Å². The number of hydrogen-bond donors (Lipinski definition) is 0. The molecule has 0 radical (unpaired) electrons. The maximum atomic E-state index is 14.8. The van der Waals surface area contributed by atoms with E-state index in [1.165, 1.54) is 0 Å². The minimum atomic E-state index is -0.812. The first-order chi connectivity index (χ1) is 13.5. The van der Waals surface area contributed by atoms with Gasteiger partial charge in [-0.2, -0.15) is 0 Å². The molecule has 0 aromatic heterocycles. The van der Waals surface area contributed by atoms with Crippen molar-refractivity contribution in [2.75, 3.05) is 6.61 Å². The minimum Gasteiger partial charge on any atom is -0.373 e. The molecule has 0 spiro atoms. The Morgan fingerprint density at radius 3 is 1.79 bits per heavy atom. The van der Waals surface area contributed by atoms with Crippen LogP contribution in [-0.4, -0.2) is 6.61 Å². The Balaban J connectivity index is 1.61. The average molecular weight is 378 g/mol. The summed E-state index contributed by atoms with van der Waals surface area (Å²) in [5.41, 5.74) is 4.07. The summed E-state index contributed by atoms with van der Waals surface area (Å²) >= 11 is 0. The van der Waals surface area contributed by atoms with Gasteiger partial charge in [-0.25, -0.2) is 8.78 Å². The van der Waals surface area contributed by atoms with Crippen LogP contribution in [-0.2, 0) is 4.74 Å². The summed E-state index contributed by atoms with van der Waals surface area (Å²) in [5.74, 6) is -1.02. The molecule has 28 heavy (non-hydrogen) atoms.